The van der Waals surface area contributed by atoms with Crippen LogP contribution in [0.1, 0.15) is 27.1 Å². The molecule has 0 fully saturated rings. The first-order chi connectivity index (χ1) is 9.96. The van der Waals surface area contributed by atoms with Crippen molar-refractivity contribution in [1.82, 2.24) is 4.98 Å². The Labute approximate surface area is 125 Å². The van der Waals surface area contributed by atoms with Gasteiger partial charge >= 0.3 is 5.97 Å². The third kappa shape index (κ3) is 3.03. The van der Waals surface area contributed by atoms with Crippen LogP contribution in [0.3, 0.4) is 0 Å². The molecule has 0 spiro atoms. The van der Waals surface area contributed by atoms with E-state index >= 15 is 0 Å². The van der Waals surface area contributed by atoms with Gasteiger partial charge in [-0.1, -0.05) is 0 Å². The zero-order valence-electron chi connectivity index (χ0n) is 11.7. The maximum absolute atomic E-state index is 11.5. The highest BCUT2D eigenvalue weighted by Crippen LogP contribution is 2.33. The summed E-state index contributed by atoms with van der Waals surface area (Å²) in [4.78, 5) is 26.8. The van der Waals surface area contributed by atoms with Gasteiger partial charge in [-0.3, -0.25) is 4.79 Å². The van der Waals surface area contributed by atoms with Crippen molar-refractivity contribution in [3.63, 3.8) is 0 Å². The van der Waals surface area contributed by atoms with Crippen LogP contribution in [-0.4, -0.2) is 36.1 Å². The van der Waals surface area contributed by atoms with E-state index in [0.717, 1.165) is 11.3 Å². The minimum absolute atomic E-state index is 0.124. The Balaban J connectivity index is 2.59. The molecule has 7 heteroatoms. The molecule has 0 aliphatic rings. The molecule has 0 aliphatic heterocycles. The summed E-state index contributed by atoms with van der Waals surface area (Å²) < 4.78 is 10.3. The molecule has 1 heterocycles. The molecule has 0 bridgehead atoms. The van der Waals surface area contributed by atoms with Crippen LogP contribution in [0.25, 0.3) is 10.6 Å². The Morgan fingerprint density at radius 1 is 1.14 bits per heavy atom. The summed E-state index contributed by atoms with van der Waals surface area (Å²) >= 11 is 1.03. The first-order valence-corrected chi connectivity index (χ1v) is 6.76. The third-order valence-electron chi connectivity index (χ3n) is 2.75. The number of thiazole rings is 1. The predicted octanol–water partition coefficient (Wildman–Crippen LogP) is 2.73. The van der Waals surface area contributed by atoms with E-state index in [-0.39, 0.29) is 16.4 Å². The molecular formula is C14H13NO5S. The molecule has 0 aliphatic carbocycles. The second-order valence-electron chi connectivity index (χ2n) is 4.16. The molecule has 2 rings (SSSR count). The average molecular weight is 307 g/mol. The number of rotatable bonds is 5. The molecule has 0 saturated heterocycles. The first kappa shape index (κ1) is 15.0. The second-order valence-corrected chi connectivity index (χ2v) is 5.16. The van der Waals surface area contributed by atoms with E-state index in [1.165, 1.54) is 21.1 Å². The Morgan fingerprint density at radius 2 is 1.71 bits per heavy atom. The number of benzene rings is 1. The number of carbonyl (C=O) groups excluding carboxylic acids is 1. The van der Waals surface area contributed by atoms with E-state index in [0.29, 0.717) is 22.1 Å². The number of hydrogen-bond donors (Lipinski definition) is 1. The van der Waals surface area contributed by atoms with Crippen LogP contribution in [0.4, 0.5) is 0 Å². The van der Waals surface area contributed by atoms with E-state index in [1.807, 2.05) is 0 Å². The maximum Gasteiger partial charge on any atom is 0.356 e. The maximum atomic E-state index is 11.5. The van der Waals surface area contributed by atoms with E-state index in [4.69, 9.17) is 14.6 Å². The number of Topliss-reactive ketones (excluding diaryl/α,β-unsaturated/α-hetero) is 1. The van der Waals surface area contributed by atoms with Crippen LogP contribution in [-0.2, 0) is 0 Å². The fourth-order valence-electron chi connectivity index (χ4n) is 1.76. The Morgan fingerprint density at radius 3 is 2.10 bits per heavy atom. The number of aromatic carboxylic acids is 1. The third-order valence-corrected chi connectivity index (χ3v) is 3.95. The Hall–Kier alpha value is -2.41. The van der Waals surface area contributed by atoms with E-state index in [2.05, 4.69) is 4.98 Å². The molecule has 1 aromatic heterocycles. The minimum atomic E-state index is -1.22. The summed E-state index contributed by atoms with van der Waals surface area (Å²) in [6.45, 7) is 1.32. The lowest BCUT2D eigenvalue weighted by atomic mass is 10.2. The normalized spacial score (nSPS) is 10.2. The van der Waals surface area contributed by atoms with Crippen LogP contribution in [0.5, 0.6) is 11.5 Å². The van der Waals surface area contributed by atoms with Gasteiger partial charge in [0.2, 0.25) is 0 Å². The van der Waals surface area contributed by atoms with Crippen LogP contribution < -0.4 is 9.47 Å². The van der Waals surface area contributed by atoms with Crippen molar-refractivity contribution in [3.8, 4) is 22.1 Å². The highest BCUT2D eigenvalue weighted by atomic mass is 32.1. The topological polar surface area (TPSA) is 85.7 Å². The van der Waals surface area contributed by atoms with Crippen molar-refractivity contribution in [2.24, 2.45) is 0 Å². The van der Waals surface area contributed by atoms with E-state index < -0.39 is 5.97 Å². The summed E-state index contributed by atoms with van der Waals surface area (Å²) in [5.74, 6) is -0.440. The minimum Gasteiger partial charge on any atom is -0.497 e. The van der Waals surface area contributed by atoms with E-state index in [1.54, 1.807) is 18.2 Å². The van der Waals surface area contributed by atoms with Crippen molar-refractivity contribution in [2.45, 2.75) is 6.92 Å². The van der Waals surface area contributed by atoms with Crippen molar-refractivity contribution in [1.29, 1.82) is 0 Å². The van der Waals surface area contributed by atoms with Gasteiger partial charge < -0.3 is 14.6 Å². The fraction of sp³-hybridized carbons (Fsp3) is 0.214. The van der Waals surface area contributed by atoms with Crippen molar-refractivity contribution in [3.05, 3.63) is 28.8 Å². The van der Waals surface area contributed by atoms with Gasteiger partial charge in [0.15, 0.2) is 11.5 Å². The molecule has 6 nitrogen and oxygen atoms in total. The monoisotopic (exact) mass is 307 g/mol. The van der Waals surface area contributed by atoms with Crippen molar-refractivity contribution >= 4 is 23.1 Å². The van der Waals surface area contributed by atoms with Gasteiger partial charge in [0.25, 0.3) is 0 Å². The van der Waals surface area contributed by atoms with Crippen molar-refractivity contribution in [2.75, 3.05) is 14.2 Å². The van der Waals surface area contributed by atoms with Gasteiger partial charge in [-0.15, -0.1) is 11.3 Å². The SMILES string of the molecule is COc1cc(OC)cc(-c2nc(C(=O)O)c(C(C)=O)s2)c1. The van der Waals surface area contributed by atoms with Gasteiger partial charge in [-0.2, -0.15) is 0 Å². The van der Waals surface area contributed by atoms with Gasteiger partial charge in [-0.05, 0) is 12.1 Å². The second kappa shape index (κ2) is 5.92. The van der Waals surface area contributed by atoms with Gasteiger partial charge in [0.05, 0.1) is 14.2 Å². The molecule has 1 aromatic carbocycles. The van der Waals surface area contributed by atoms with Gasteiger partial charge in [0.1, 0.15) is 21.4 Å². The van der Waals surface area contributed by atoms with Crippen LogP contribution in [0.2, 0.25) is 0 Å². The summed E-state index contributed by atoms with van der Waals surface area (Å²) in [6, 6.07) is 5.11. The number of carboxylic acid groups (broad SMARTS) is 1. The molecule has 2 aromatic rings. The lowest BCUT2D eigenvalue weighted by Gasteiger charge is -2.06. The van der Waals surface area contributed by atoms with Gasteiger partial charge in [-0.25, -0.2) is 9.78 Å². The Kier molecular flexibility index (Phi) is 4.23. The molecule has 0 saturated carbocycles. The standard InChI is InChI=1S/C14H13NO5S/c1-7(16)12-11(14(17)18)15-13(21-12)8-4-9(19-2)6-10(5-8)20-3/h4-6H,1-3H3,(H,17,18). The van der Waals surface area contributed by atoms with Crippen molar-refractivity contribution < 1.29 is 24.2 Å². The Bertz CT molecular complexity index is 654. The van der Waals surface area contributed by atoms with Crippen LogP contribution in [0.15, 0.2) is 18.2 Å². The number of aromatic nitrogens is 1. The average Bonchev–Trinajstić information content (AvgIpc) is 2.92. The van der Waals surface area contributed by atoms with E-state index in [9.17, 15) is 9.59 Å². The summed E-state index contributed by atoms with van der Waals surface area (Å²) in [5.41, 5.74) is 0.399. The number of hydrogen-bond acceptors (Lipinski definition) is 6. The summed E-state index contributed by atoms with van der Waals surface area (Å²) in [6.07, 6.45) is 0. The molecule has 21 heavy (non-hydrogen) atoms. The van der Waals surface area contributed by atoms with Crippen LogP contribution >= 0.6 is 11.3 Å². The molecule has 0 radical (unpaired) electrons. The molecule has 0 amide bonds. The number of carbonyl (C=O) groups is 2. The first-order valence-electron chi connectivity index (χ1n) is 5.94. The zero-order chi connectivity index (χ0) is 15.6. The number of carboxylic acids is 1. The highest BCUT2D eigenvalue weighted by molar-refractivity contribution is 7.17. The number of ether oxygens (including phenoxy) is 2. The summed E-state index contributed by atoms with van der Waals surface area (Å²) in [5, 5.41) is 9.54. The highest BCUT2D eigenvalue weighted by Gasteiger charge is 2.21. The smallest absolute Gasteiger partial charge is 0.356 e. The number of ketones is 1. The summed E-state index contributed by atoms with van der Waals surface area (Å²) in [7, 11) is 3.04. The largest absolute Gasteiger partial charge is 0.497 e. The lowest BCUT2D eigenvalue weighted by molar-refractivity contribution is 0.0687. The molecule has 0 unspecified atom stereocenters. The quantitative estimate of drug-likeness (QED) is 0.855. The van der Waals surface area contributed by atoms with Gasteiger partial charge in [0, 0.05) is 18.6 Å². The zero-order valence-corrected chi connectivity index (χ0v) is 12.5. The van der Waals surface area contributed by atoms with Crippen LogP contribution in [0, 0.1) is 0 Å². The number of methoxy groups -OCH3 is 2. The fourth-order valence-corrected chi connectivity index (χ4v) is 2.70. The predicted molar refractivity (Wildman–Crippen MR) is 77.6 cm³/mol. The lowest BCUT2D eigenvalue weighted by Crippen LogP contribution is -2.03. The molecule has 110 valence electrons. The molecular weight excluding hydrogens is 294 g/mol. The molecule has 1 N–H and O–H groups in total. The number of nitrogens with zero attached hydrogens (tertiary/aromatic N) is 1. The molecule has 0 atom stereocenters.